The third kappa shape index (κ3) is 2.34. The van der Waals surface area contributed by atoms with Gasteiger partial charge in [0.15, 0.2) is 5.65 Å². The fourth-order valence-electron chi connectivity index (χ4n) is 3.70. The van der Waals surface area contributed by atoms with E-state index in [9.17, 15) is 13.2 Å². The number of anilines is 2. The highest BCUT2D eigenvalue weighted by Gasteiger charge is 2.46. The SMILES string of the molecule is FC(F)(F)c1cc(N2CC3CC(C2)N3c2ccc3nncn3n2)ncn1. The molecule has 3 aromatic heterocycles. The predicted molar refractivity (Wildman–Crippen MR) is 84.7 cm³/mol. The van der Waals surface area contributed by atoms with Crippen LogP contribution in [0.25, 0.3) is 5.65 Å². The van der Waals surface area contributed by atoms with Crippen LogP contribution < -0.4 is 9.80 Å². The maximum atomic E-state index is 12.9. The highest BCUT2D eigenvalue weighted by Crippen LogP contribution is 2.38. The standard InChI is InChI=1S/C15H13F3N8/c16-15(17,18)11-4-14(20-7-19-11)24-5-9-3-10(6-24)26(9)13-2-1-12-22-21-8-25(12)23-13/h1-2,4,7-10H,3,5-6H2. The fraction of sp³-hybridized carbons (Fsp3) is 0.400. The molecular weight excluding hydrogens is 349 g/mol. The topological polar surface area (TPSA) is 75.3 Å². The molecule has 134 valence electrons. The molecule has 0 aliphatic carbocycles. The van der Waals surface area contributed by atoms with Crippen LogP contribution in [0.5, 0.6) is 0 Å². The van der Waals surface area contributed by atoms with Gasteiger partial charge in [0.25, 0.3) is 0 Å². The molecule has 0 amide bonds. The van der Waals surface area contributed by atoms with Crippen LogP contribution in [-0.4, -0.2) is 55.0 Å². The highest BCUT2D eigenvalue weighted by molar-refractivity contribution is 5.53. The number of fused-ring (bicyclic) bond motifs is 3. The number of rotatable bonds is 2. The highest BCUT2D eigenvalue weighted by atomic mass is 19.4. The first kappa shape index (κ1) is 15.3. The van der Waals surface area contributed by atoms with Gasteiger partial charge in [-0.2, -0.15) is 17.7 Å². The Balaban J connectivity index is 1.37. The first-order valence-corrected chi connectivity index (χ1v) is 8.08. The van der Waals surface area contributed by atoms with E-state index < -0.39 is 11.9 Å². The van der Waals surface area contributed by atoms with E-state index >= 15 is 0 Å². The molecule has 0 N–H and O–H groups in total. The second kappa shape index (κ2) is 5.26. The van der Waals surface area contributed by atoms with E-state index in [1.54, 1.807) is 10.8 Å². The van der Waals surface area contributed by atoms with Crippen molar-refractivity contribution in [2.75, 3.05) is 22.9 Å². The predicted octanol–water partition coefficient (Wildman–Crippen LogP) is 1.40. The number of halogens is 3. The van der Waals surface area contributed by atoms with Crippen molar-refractivity contribution < 1.29 is 13.2 Å². The van der Waals surface area contributed by atoms with Crippen molar-refractivity contribution in [2.45, 2.75) is 24.7 Å². The van der Waals surface area contributed by atoms with Gasteiger partial charge in [-0.15, -0.1) is 15.3 Å². The first-order valence-electron chi connectivity index (χ1n) is 8.08. The lowest BCUT2D eigenvalue weighted by Gasteiger charge is -2.57. The van der Waals surface area contributed by atoms with Crippen molar-refractivity contribution in [3.63, 3.8) is 0 Å². The van der Waals surface area contributed by atoms with Crippen molar-refractivity contribution in [3.05, 3.63) is 36.5 Å². The molecule has 0 spiro atoms. The average Bonchev–Trinajstić information content (AvgIpc) is 3.09. The second-order valence-electron chi connectivity index (χ2n) is 6.44. The Morgan fingerprint density at radius 2 is 1.85 bits per heavy atom. The molecule has 3 saturated heterocycles. The van der Waals surface area contributed by atoms with Gasteiger partial charge in [-0.1, -0.05) is 0 Å². The van der Waals surface area contributed by atoms with Gasteiger partial charge in [-0.25, -0.2) is 9.97 Å². The lowest BCUT2D eigenvalue weighted by atomic mass is 9.87. The number of hydrogen-bond acceptors (Lipinski definition) is 7. The van der Waals surface area contributed by atoms with Gasteiger partial charge in [-0.05, 0) is 18.6 Å². The van der Waals surface area contributed by atoms with Crippen LogP contribution in [0.15, 0.2) is 30.9 Å². The zero-order valence-corrected chi connectivity index (χ0v) is 13.4. The fourth-order valence-corrected chi connectivity index (χ4v) is 3.70. The maximum absolute atomic E-state index is 12.9. The summed E-state index contributed by atoms with van der Waals surface area (Å²) < 4.78 is 40.2. The lowest BCUT2D eigenvalue weighted by Crippen LogP contribution is -2.69. The largest absolute Gasteiger partial charge is 0.433 e. The van der Waals surface area contributed by atoms with Gasteiger partial charge < -0.3 is 9.80 Å². The van der Waals surface area contributed by atoms with E-state index in [-0.39, 0.29) is 12.1 Å². The van der Waals surface area contributed by atoms with Crippen LogP contribution in [0.1, 0.15) is 12.1 Å². The second-order valence-corrected chi connectivity index (χ2v) is 6.44. The summed E-state index contributed by atoms with van der Waals surface area (Å²) >= 11 is 0. The van der Waals surface area contributed by atoms with Gasteiger partial charge in [0.1, 0.15) is 30.0 Å². The lowest BCUT2D eigenvalue weighted by molar-refractivity contribution is -0.141. The Morgan fingerprint density at radius 1 is 1.04 bits per heavy atom. The van der Waals surface area contributed by atoms with Gasteiger partial charge in [0.2, 0.25) is 0 Å². The number of alkyl halides is 3. The normalized spacial score (nSPS) is 22.6. The Bertz CT molecular complexity index is 959. The molecule has 8 nitrogen and oxygen atoms in total. The third-order valence-electron chi connectivity index (χ3n) is 4.87. The summed E-state index contributed by atoms with van der Waals surface area (Å²) in [4.78, 5) is 11.4. The summed E-state index contributed by atoms with van der Waals surface area (Å²) in [6.45, 7) is 1.18. The molecule has 0 radical (unpaired) electrons. The molecule has 3 fully saturated rings. The van der Waals surface area contributed by atoms with Gasteiger partial charge in [0, 0.05) is 19.2 Å². The van der Waals surface area contributed by atoms with Crippen molar-refractivity contribution in [1.29, 1.82) is 0 Å². The van der Waals surface area contributed by atoms with E-state index in [1.165, 1.54) is 0 Å². The molecule has 6 rings (SSSR count). The zero-order valence-electron chi connectivity index (χ0n) is 13.4. The zero-order chi connectivity index (χ0) is 17.9. The van der Waals surface area contributed by atoms with Gasteiger partial charge in [-0.3, -0.25) is 0 Å². The van der Waals surface area contributed by atoms with E-state index in [2.05, 4.69) is 30.2 Å². The minimum absolute atomic E-state index is 0.180. The Hall–Kier alpha value is -2.98. The summed E-state index contributed by atoms with van der Waals surface area (Å²) in [6, 6.07) is 5.11. The maximum Gasteiger partial charge on any atom is 0.433 e. The Morgan fingerprint density at radius 3 is 2.62 bits per heavy atom. The minimum atomic E-state index is -4.47. The van der Waals surface area contributed by atoms with Crippen molar-refractivity contribution in [3.8, 4) is 0 Å². The molecular formula is C15H13F3N8. The number of hydrogen-bond donors (Lipinski definition) is 0. The molecule has 3 aliphatic rings. The molecule has 6 heterocycles. The molecule has 26 heavy (non-hydrogen) atoms. The van der Waals surface area contributed by atoms with Gasteiger partial charge in [0.05, 0.1) is 12.1 Å². The molecule has 2 atom stereocenters. The molecule has 3 aromatic rings. The number of piperidine rings is 1. The van der Waals surface area contributed by atoms with E-state index in [0.29, 0.717) is 24.6 Å². The molecule has 0 saturated carbocycles. The molecule has 3 aliphatic heterocycles. The van der Waals surface area contributed by atoms with Crippen LogP contribution in [0.4, 0.5) is 24.8 Å². The molecule has 2 unspecified atom stereocenters. The smallest absolute Gasteiger partial charge is 0.352 e. The van der Waals surface area contributed by atoms with E-state index in [1.807, 2.05) is 17.0 Å². The number of piperazine rings is 1. The average molecular weight is 362 g/mol. The quantitative estimate of drug-likeness (QED) is 0.682. The minimum Gasteiger partial charge on any atom is -0.352 e. The van der Waals surface area contributed by atoms with Crippen LogP contribution in [0.2, 0.25) is 0 Å². The van der Waals surface area contributed by atoms with Crippen molar-refractivity contribution >= 4 is 17.3 Å². The molecule has 2 bridgehead atoms. The van der Waals surface area contributed by atoms with E-state index in [0.717, 1.165) is 24.6 Å². The van der Waals surface area contributed by atoms with Crippen LogP contribution in [0, 0.1) is 0 Å². The van der Waals surface area contributed by atoms with Crippen LogP contribution in [0.3, 0.4) is 0 Å². The van der Waals surface area contributed by atoms with Gasteiger partial charge >= 0.3 is 6.18 Å². The summed E-state index contributed by atoms with van der Waals surface area (Å²) in [7, 11) is 0. The monoisotopic (exact) mass is 362 g/mol. The summed E-state index contributed by atoms with van der Waals surface area (Å²) in [5.41, 5.74) is -0.250. The summed E-state index contributed by atoms with van der Waals surface area (Å²) in [6.07, 6.45) is -0.978. The Kier molecular flexibility index (Phi) is 3.09. The van der Waals surface area contributed by atoms with E-state index in [4.69, 9.17) is 0 Å². The number of aromatic nitrogens is 6. The van der Waals surface area contributed by atoms with Crippen LogP contribution in [-0.2, 0) is 6.18 Å². The third-order valence-corrected chi connectivity index (χ3v) is 4.87. The molecule has 11 heteroatoms. The Labute approximate surface area is 145 Å². The van der Waals surface area contributed by atoms with Crippen LogP contribution >= 0.6 is 0 Å². The van der Waals surface area contributed by atoms with Crippen molar-refractivity contribution in [2.24, 2.45) is 0 Å². The first-order chi connectivity index (χ1) is 12.5. The number of nitrogens with zero attached hydrogens (tertiary/aromatic N) is 8. The summed E-state index contributed by atoms with van der Waals surface area (Å²) in [5.74, 6) is 1.13. The summed E-state index contributed by atoms with van der Waals surface area (Å²) in [5, 5.41) is 12.3. The van der Waals surface area contributed by atoms with Crippen molar-refractivity contribution in [1.82, 2.24) is 29.8 Å². The molecule has 0 aromatic carbocycles.